The van der Waals surface area contributed by atoms with Gasteiger partial charge in [0.05, 0.1) is 12.8 Å². The Bertz CT molecular complexity index is 1420. The predicted octanol–water partition coefficient (Wildman–Crippen LogP) is 5.05. The Morgan fingerprint density at radius 2 is 1.68 bits per heavy atom. The molecule has 8 nitrogen and oxygen atoms in total. The van der Waals surface area contributed by atoms with Crippen molar-refractivity contribution < 1.29 is 27.9 Å². The van der Waals surface area contributed by atoms with Crippen LogP contribution in [0.3, 0.4) is 0 Å². The van der Waals surface area contributed by atoms with Crippen LogP contribution in [0.25, 0.3) is 0 Å². The summed E-state index contributed by atoms with van der Waals surface area (Å²) in [6, 6.07) is 24.0. The zero-order chi connectivity index (χ0) is 26.5. The van der Waals surface area contributed by atoms with E-state index in [1.165, 1.54) is 23.3 Å². The summed E-state index contributed by atoms with van der Waals surface area (Å²) >= 11 is 0. The van der Waals surface area contributed by atoms with Gasteiger partial charge in [0, 0.05) is 12.2 Å². The lowest BCUT2D eigenvalue weighted by molar-refractivity contribution is -0.126. The van der Waals surface area contributed by atoms with Gasteiger partial charge in [0.2, 0.25) is 5.91 Å². The van der Waals surface area contributed by atoms with Crippen LogP contribution >= 0.6 is 0 Å². The lowest BCUT2D eigenvalue weighted by atomic mass is 10.00. The number of halogens is 1. The van der Waals surface area contributed by atoms with E-state index in [1.54, 1.807) is 48.5 Å². The average Bonchev–Trinajstić information content (AvgIpc) is 3.58. The van der Waals surface area contributed by atoms with E-state index in [-0.39, 0.29) is 24.7 Å². The molecule has 0 bridgehead atoms. The van der Waals surface area contributed by atoms with E-state index in [4.69, 9.17) is 9.15 Å². The lowest BCUT2D eigenvalue weighted by Crippen LogP contribution is -2.46. The van der Waals surface area contributed by atoms with E-state index in [2.05, 4.69) is 10.6 Å². The topological polar surface area (TPSA) is 101 Å². The van der Waals surface area contributed by atoms with Gasteiger partial charge < -0.3 is 19.8 Å². The number of furan rings is 1. The van der Waals surface area contributed by atoms with Gasteiger partial charge in [0.25, 0.3) is 5.91 Å². The fourth-order valence-corrected chi connectivity index (χ4v) is 4.28. The van der Waals surface area contributed by atoms with Crippen molar-refractivity contribution in [2.24, 2.45) is 0 Å². The molecule has 3 aromatic carbocycles. The molecule has 9 heteroatoms. The molecule has 1 saturated heterocycles. The molecule has 3 amide bonds. The second-order valence-corrected chi connectivity index (χ2v) is 8.76. The SMILES string of the molecule is O=C(Nc1cccc([C@@H]2OC(=O)N(Cc3ccccc3)[C@@H]2C(=O)NCc2ccc(F)cc2)c1)c1ccco1. The number of hydrogen-bond acceptors (Lipinski definition) is 5. The number of amides is 3. The summed E-state index contributed by atoms with van der Waals surface area (Å²) in [6.45, 7) is 0.314. The van der Waals surface area contributed by atoms with Crippen molar-refractivity contribution in [1.29, 1.82) is 0 Å². The van der Waals surface area contributed by atoms with E-state index in [0.717, 1.165) is 5.56 Å². The molecule has 0 aliphatic carbocycles. The molecule has 2 atom stereocenters. The highest BCUT2D eigenvalue weighted by Gasteiger charge is 2.47. The molecule has 1 aliphatic heterocycles. The Labute approximate surface area is 218 Å². The number of carbonyl (C=O) groups excluding carboxylic acids is 3. The predicted molar refractivity (Wildman–Crippen MR) is 136 cm³/mol. The maximum atomic E-state index is 13.5. The van der Waals surface area contributed by atoms with Crippen molar-refractivity contribution in [1.82, 2.24) is 10.2 Å². The standard InChI is InChI=1S/C29H24FN3O5/c30-22-13-11-19(12-14-22)17-31-28(35)25-26(38-29(36)33(25)18-20-6-2-1-3-7-20)21-8-4-9-23(16-21)32-27(34)24-10-5-15-37-24/h1-16,25-26H,17-18H2,(H,31,35)(H,32,34)/t25-,26-/m0/s1. The molecule has 0 saturated carbocycles. The van der Waals surface area contributed by atoms with Crippen molar-refractivity contribution in [2.75, 3.05) is 5.32 Å². The molecular weight excluding hydrogens is 489 g/mol. The van der Waals surface area contributed by atoms with Crippen molar-refractivity contribution >= 4 is 23.6 Å². The number of nitrogens with one attached hydrogen (secondary N) is 2. The third-order valence-corrected chi connectivity index (χ3v) is 6.15. The highest BCUT2D eigenvalue weighted by molar-refractivity contribution is 6.02. The molecule has 4 aromatic rings. The number of rotatable bonds is 8. The number of anilines is 1. The van der Waals surface area contributed by atoms with Crippen LogP contribution in [0.5, 0.6) is 0 Å². The Morgan fingerprint density at radius 1 is 0.895 bits per heavy atom. The summed E-state index contributed by atoms with van der Waals surface area (Å²) in [5.74, 6) is -1.08. The molecule has 5 rings (SSSR count). The van der Waals surface area contributed by atoms with Crippen LogP contribution in [0, 0.1) is 5.82 Å². The molecule has 0 unspecified atom stereocenters. The van der Waals surface area contributed by atoms with Gasteiger partial charge in [-0.15, -0.1) is 0 Å². The molecule has 0 spiro atoms. The molecule has 1 fully saturated rings. The maximum absolute atomic E-state index is 13.5. The van der Waals surface area contributed by atoms with Crippen molar-refractivity contribution in [3.8, 4) is 0 Å². The van der Waals surface area contributed by atoms with E-state index in [9.17, 15) is 18.8 Å². The number of ether oxygens (including phenoxy) is 1. The van der Waals surface area contributed by atoms with Crippen LogP contribution < -0.4 is 10.6 Å². The minimum Gasteiger partial charge on any atom is -0.459 e. The fraction of sp³-hybridized carbons (Fsp3) is 0.138. The Morgan fingerprint density at radius 3 is 2.42 bits per heavy atom. The number of hydrogen-bond donors (Lipinski definition) is 2. The highest BCUT2D eigenvalue weighted by Crippen LogP contribution is 2.35. The second kappa shape index (κ2) is 11.0. The minimum atomic E-state index is -0.987. The quantitative estimate of drug-likeness (QED) is 0.343. The van der Waals surface area contributed by atoms with Gasteiger partial charge in [-0.25, -0.2) is 9.18 Å². The molecule has 38 heavy (non-hydrogen) atoms. The highest BCUT2D eigenvalue weighted by atomic mass is 19.1. The monoisotopic (exact) mass is 513 g/mol. The van der Waals surface area contributed by atoms with Gasteiger partial charge >= 0.3 is 6.09 Å². The summed E-state index contributed by atoms with van der Waals surface area (Å²) in [4.78, 5) is 40.3. The third kappa shape index (κ3) is 5.57. The third-order valence-electron chi connectivity index (χ3n) is 6.15. The smallest absolute Gasteiger partial charge is 0.411 e. The number of cyclic esters (lactones) is 1. The molecule has 2 N–H and O–H groups in total. The number of benzene rings is 3. The van der Waals surface area contributed by atoms with Crippen molar-refractivity contribution in [3.63, 3.8) is 0 Å². The fourth-order valence-electron chi connectivity index (χ4n) is 4.28. The zero-order valence-electron chi connectivity index (χ0n) is 20.2. The molecular formula is C29H24FN3O5. The Hall–Kier alpha value is -4.92. The van der Waals surface area contributed by atoms with Crippen LogP contribution in [0.15, 0.2) is 102 Å². The minimum absolute atomic E-state index is 0.148. The Kier molecular flexibility index (Phi) is 7.17. The molecule has 0 radical (unpaired) electrons. The van der Waals surface area contributed by atoms with E-state index in [0.29, 0.717) is 16.8 Å². The number of carbonyl (C=O) groups is 3. The van der Waals surface area contributed by atoms with Gasteiger partial charge in [-0.2, -0.15) is 0 Å². The normalized spacial score (nSPS) is 16.7. The first-order chi connectivity index (χ1) is 18.5. The summed E-state index contributed by atoms with van der Waals surface area (Å²) in [6.07, 6.45) is -0.162. The Balaban J connectivity index is 1.40. The second-order valence-electron chi connectivity index (χ2n) is 8.76. The van der Waals surface area contributed by atoms with Crippen LogP contribution in [0.1, 0.15) is 33.3 Å². The summed E-state index contributed by atoms with van der Waals surface area (Å²) < 4.78 is 24.1. The van der Waals surface area contributed by atoms with Gasteiger partial charge in [0.1, 0.15) is 5.82 Å². The molecule has 1 aliphatic rings. The van der Waals surface area contributed by atoms with E-state index in [1.807, 2.05) is 30.3 Å². The van der Waals surface area contributed by atoms with Gasteiger partial charge in [-0.3, -0.25) is 14.5 Å². The maximum Gasteiger partial charge on any atom is 0.411 e. The van der Waals surface area contributed by atoms with Crippen molar-refractivity contribution in [3.05, 3.63) is 126 Å². The van der Waals surface area contributed by atoms with E-state index < -0.39 is 30.1 Å². The summed E-state index contributed by atoms with van der Waals surface area (Å²) in [7, 11) is 0. The molecule has 192 valence electrons. The average molecular weight is 514 g/mol. The van der Waals surface area contributed by atoms with Crippen molar-refractivity contribution in [2.45, 2.75) is 25.2 Å². The number of nitrogens with zero attached hydrogens (tertiary/aromatic N) is 1. The lowest BCUT2D eigenvalue weighted by Gasteiger charge is -2.24. The van der Waals surface area contributed by atoms with Crippen LogP contribution in [-0.2, 0) is 22.6 Å². The van der Waals surface area contributed by atoms with Gasteiger partial charge in [-0.05, 0) is 53.1 Å². The summed E-state index contributed by atoms with van der Waals surface area (Å²) in [5, 5.41) is 5.59. The van der Waals surface area contributed by atoms with Gasteiger partial charge in [-0.1, -0.05) is 54.6 Å². The first-order valence-electron chi connectivity index (χ1n) is 12.0. The van der Waals surface area contributed by atoms with Crippen LogP contribution in [-0.4, -0.2) is 28.8 Å². The zero-order valence-corrected chi connectivity index (χ0v) is 20.2. The van der Waals surface area contributed by atoms with E-state index >= 15 is 0 Å². The molecule has 2 heterocycles. The molecule has 1 aromatic heterocycles. The van der Waals surface area contributed by atoms with Gasteiger partial charge in [0.15, 0.2) is 17.9 Å². The summed E-state index contributed by atoms with van der Waals surface area (Å²) in [5.41, 5.74) is 2.53. The van der Waals surface area contributed by atoms with Crippen LogP contribution in [0.4, 0.5) is 14.9 Å². The largest absolute Gasteiger partial charge is 0.459 e. The first kappa shape index (κ1) is 24.8. The first-order valence-corrected chi connectivity index (χ1v) is 12.0. The van der Waals surface area contributed by atoms with Crippen LogP contribution in [0.2, 0.25) is 0 Å².